The fourth-order valence-electron chi connectivity index (χ4n) is 2.89. The van der Waals surface area contributed by atoms with Crippen LogP contribution in [0.1, 0.15) is 22.3 Å². The van der Waals surface area contributed by atoms with E-state index in [1.807, 2.05) is 18.2 Å². The first-order valence-electron chi connectivity index (χ1n) is 7.25. The van der Waals surface area contributed by atoms with Crippen molar-refractivity contribution in [3.63, 3.8) is 0 Å². The molecule has 0 atom stereocenters. The number of rotatable bonds is 4. The molecule has 6 nitrogen and oxygen atoms in total. The lowest BCUT2D eigenvalue weighted by atomic mass is 10.1. The third kappa shape index (κ3) is 2.91. The van der Waals surface area contributed by atoms with E-state index in [0.29, 0.717) is 17.9 Å². The number of hydrogen-bond acceptors (Lipinski definition) is 6. The number of fused-ring (bicyclic) bond motifs is 1. The molecule has 6 heteroatoms. The van der Waals surface area contributed by atoms with Gasteiger partial charge in [0, 0.05) is 31.9 Å². The molecule has 2 heterocycles. The van der Waals surface area contributed by atoms with E-state index in [-0.39, 0.29) is 0 Å². The zero-order valence-electron chi connectivity index (χ0n) is 13.2. The Bertz CT molecular complexity index is 761. The fraction of sp³-hybridized carbons (Fsp3) is 0.294. The number of nitrogens with zero attached hydrogens (tertiary/aromatic N) is 3. The monoisotopic (exact) mass is 310 g/mol. The first-order valence-corrected chi connectivity index (χ1v) is 7.25. The number of hydrogen-bond donors (Lipinski definition) is 1. The maximum absolute atomic E-state index is 9.27. The number of methoxy groups -OCH3 is 2. The number of nitrogen functional groups attached to an aromatic ring is 1. The van der Waals surface area contributed by atoms with Crippen molar-refractivity contribution >= 4 is 5.82 Å². The molecule has 1 aliphatic heterocycles. The number of benzene rings is 1. The smallest absolute Gasteiger partial charge is 0.141 e. The summed E-state index contributed by atoms with van der Waals surface area (Å²) in [7, 11) is 3.27. The van der Waals surface area contributed by atoms with E-state index >= 15 is 0 Å². The predicted molar refractivity (Wildman–Crippen MR) is 85.9 cm³/mol. The molecule has 2 N–H and O–H groups in total. The van der Waals surface area contributed by atoms with Crippen LogP contribution in [-0.4, -0.2) is 24.1 Å². The van der Waals surface area contributed by atoms with Crippen LogP contribution >= 0.6 is 0 Å². The normalized spacial score (nSPS) is 13.4. The highest BCUT2D eigenvalue weighted by atomic mass is 16.5. The van der Waals surface area contributed by atoms with Gasteiger partial charge in [0.05, 0.1) is 19.8 Å². The van der Waals surface area contributed by atoms with E-state index < -0.39 is 0 Å². The summed E-state index contributed by atoms with van der Waals surface area (Å²) in [4.78, 5) is 6.34. The van der Waals surface area contributed by atoms with Gasteiger partial charge in [-0.15, -0.1) is 0 Å². The SMILES string of the molecule is COc1cc(CN2Cc3cnc(N)c(C#N)c3C2)cc(OC)c1. The summed E-state index contributed by atoms with van der Waals surface area (Å²) in [5.74, 6) is 1.83. The van der Waals surface area contributed by atoms with Crippen LogP contribution in [0.3, 0.4) is 0 Å². The number of aromatic nitrogens is 1. The van der Waals surface area contributed by atoms with Gasteiger partial charge in [-0.25, -0.2) is 4.98 Å². The van der Waals surface area contributed by atoms with Crippen LogP contribution in [-0.2, 0) is 19.6 Å². The molecule has 0 bridgehead atoms. The molecule has 118 valence electrons. The Balaban J connectivity index is 1.83. The Hall–Kier alpha value is -2.78. The Kier molecular flexibility index (Phi) is 4.04. The van der Waals surface area contributed by atoms with E-state index in [1.54, 1.807) is 20.4 Å². The Labute approximate surface area is 135 Å². The average molecular weight is 310 g/mol. The van der Waals surface area contributed by atoms with Gasteiger partial charge < -0.3 is 15.2 Å². The number of nitrogens with two attached hydrogens (primary N) is 1. The summed E-state index contributed by atoms with van der Waals surface area (Å²) < 4.78 is 10.6. The molecule has 0 aliphatic carbocycles. The van der Waals surface area contributed by atoms with E-state index in [0.717, 1.165) is 41.3 Å². The van der Waals surface area contributed by atoms with E-state index in [4.69, 9.17) is 15.2 Å². The van der Waals surface area contributed by atoms with Gasteiger partial charge in [0.2, 0.25) is 0 Å². The molecule has 1 aromatic carbocycles. The first kappa shape index (κ1) is 15.1. The molecule has 0 amide bonds. The lowest BCUT2D eigenvalue weighted by Crippen LogP contribution is -2.15. The second-order valence-corrected chi connectivity index (χ2v) is 5.50. The third-order valence-corrected chi connectivity index (χ3v) is 4.01. The minimum absolute atomic E-state index is 0.302. The highest BCUT2D eigenvalue weighted by Crippen LogP contribution is 2.30. The molecule has 23 heavy (non-hydrogen) atoms. The number of ether oxygens (including phenoxy) is 2. The maximum atomic E-state index is 9.27. The molecule has 0 saturated heterocycles. The summed E-state index contributed by atoms with van der Waals surface area (Å²) in [5.41, 5.74) is 9.42. The lowest BCUT2D eigenvalue weighted by molar-refractivity contribution is 0.274. The van der Waals surface area contributed by atoms with E-state index in [1.165, 1.54) is 0 Å². The minimum atomic E-state index is 0.302. The summed E-state index contributed by atoms with van der Waals surface area (Å²) in [6.07, 6.45) is 1.76. The molecule has 2 aromatic rings. The van der Waals surface area contributed by atoms with Crippen molar-refractivity contribution in [3.05, 3.63) is 46.6 Å². The number of pyridine rings is 1. The van der Waals surface area contributed by atoms with Gasteiger partial charge in [0.25, 0.3) is 0 Å². The second kappa shape index (κ2) is 6.15. The largest absolute Gasteiger partial charge is 0.497 e. The zero-order valence-corrected chi connectivity index (χ0v) is 13.2. The Morgan fingerprint density at radius 3 is 2.52 bits per heavy atom. The van der Waals surface area contributed by atoms with Gasteiger partial charge in [0.15, 0.2) is 0 Å². The molecule has 0 radical (unpaired) electrons. The van der Waals surface area contributed by atoms with Crippen molar-refractivity contribution in [3.8, 4) is 17.6 Å². The Morgan fingerprint density at radius 1 is 1.22 bits per heavy atom. The quantitative estimate of drug-likeness (QED) is 0.930. The van der Waals surface area contributed by atoms with E-state index in [9.17, 15) is 5.26 Å². The van der Waals surface area contributed by atoms with Crippen molar-refractivity contribution in [2.75, 3.05) is 20.0 Å². The van der Waals surface area contributed by atoms with Gasteiger partial charge >= 0.3 is 0 Å². The molecular formula is C17H18N4O2. The molecule has 0 unspecified atom stereocenters. The Morgan fingerprint density at radius 2 is 1.91 bits per heavy atom. The van der Waals surface area contributed by atoms with Crippen molar-refractivity contribution in [1.82, 2.24) is 9.88 Å². The molecule has 1 aliphatic rings. The van der Waals surface area contributed by atoms with Crippen LogP contribution in [0.25, 0.3) is 0 Å². The van der Waals surface area contributed by atoms with Crippen molar-refractivity contribution < 1.29 is 9.47 Å². The minimum Gasteiger partial charge on any atom is -0.497 e. The standard InChI is InChI=1S/C17H18N4O2/c1-22-13-3-11(4-14(5-13)23-2)8-21-9-12-7-20-17(19)15(6-18)16(12)10-21/h3-5,7H,8-10H2,1-2H3,(H2,19,20). The van der Waals surface area contributed by atoms with Crippen LogP contribution in [0.5, 0.6) is 11.5 Å². The third-order valence-electron chi connectivity index (χ3n) is 4.01. The number of anilines is 1. The van der Waals surface area contributed by atoms with Crippen molar-refractivity contribution in [1.29, 1.82) is 5.26 Å². The van der Waals surface area contributed by atoms with Crippen LogP contribution in [0.15, 0.2) is 24.4 Å². The van der Waals surface area contributed by atoms with Gasteiger partial charge in [-0.2, -0.15) is 5.26 Å². The molecule has 0 fully saturated rings. The molecular weight excluding hydrogens is 292 g/mol. The highest BCUT2D eigenvalue weighted by Gasteiger charge is 2.24. The molecule has 0 saturated carbocycles. The zero-order chi connectivity index (χ0) is 16.4. The highest BCUT2D eigenvalue weighted by molar-refractivity contribution is 5.56. The summed E-state index contributed by atoms with van der Waals surface area (Å²) >= 11 is 0. The van der Waals surface area contributed by atoms with Gasteiger partial charge in [0.1, 0.15) is 23.4 Å². The first-order chi connectivity index (χ1) is 11.1. The topological polar surface area (TPSA) is 84.4 Å². The fourth-order valence-corrected chi connectivity index (χ4v) is 2.89. The van der Waals surface area contributed by atoms with Crippen LogP contribution < -0.4 is 15.2 Å². The maximum Gasteiger partial charge on any atom is 0.141 e. The van der Waals surface area contributed by atoms with Crippen LogP contribution in [0, 0.1) is 11.3 Å². The molecule has 3 rings (SSSR count). The van der Waals surface area contributed by atoms with Gasteiger partial charge in [-0.1, -0.05) is 0 Å². The van der Waals surface area contributed by atoms with Crippen LogP contribution in [0.2, 0.25) is 0 Å². The van der Waals surface area contributed by atoms with Gasteiger partial charge in [-0.05, 0) is 28.8 Å². The average Bonchev–Trinajstić information content (AvgIpc) is 2.96. The number of nitriles is 1. The summed E-state index contributed by atoms with van der Waals surface area (Å²) in [6, 6.07) is 7.99. The lowest BCUT2D eigenvalue weighted by Gasteiger charge is -2.16. The van der Waals surface area contributed by atoms with Crippen LogP contribution in [0.4, 0.5) is 5.82 Å². The molecule has 0 spiro atoms. The summed E-state index contributed by atoms with van der Waals surface area (Å²) in [6.45, 7) is 2.16. The van der Waals surface area contributed by atoms with Crippen molar-refractivity contribution in [2.45, 2.75) is 19.6 Å². The second-order valence-electron chi connectivity index (χ2n) is 5.50. The summed E-state index contributed by atoms with van der Waals surface area (Å²) in [5, 5.41) is 9.27. The molecule has 1 aromatic heterocycles. The van der Waals surface area contributed by atoms with Crippen molar-refractivity contribution in [2.24, 2.45) is 0 Å². The van der Waals surface area contributed by atoms with Gasteiger partial charge in [-0.3, -0.25) is 4.90 Å². The predicted octanol–water partition coefficient (Wildman–Crippen LogP) is 2.07. The van der Waals surface area contributed by atoms with E-state index in [2.05, 4.69) is 16.0 Å².